The van der Waals surface area contributed by atoms with Crippen molar-refractivity contribution >= 4 is 5.97 Å². The lowest BCUT2D eigenvalue weighted by molar-refractivity contribution is -0.136. The molecule has 2 aliphatic carbocycles. The minimum Gasteiger partial charge on any atom is -0.466 e. The van der Waals surface area contributed by atoms with E-state index in [-0.39, 0.29) is 5.97 Å². The Bertz CT molecular complexity index is 341. The molecule has 0 atom stereocenters. The molecule has 0 aromatic carbocycles. The summed E-state index contributed by atoms with van der Waals surface area (Å²) in [6, 6.07) is 0. The predicted octanol–water partition coefficient (Wildman–Crippen LogP) is 4.26. The zero-order chi connectivity index (χ0) is 15.1. The van der Waals surface area contributed by atoms with Gasteiger partial charge in [0.15, 0.2) is 0 Å². The van der Waals surface area contributed by atoms with E-state index in [1.807, 2.05) is 0 Å². The highest BCUT2D eigenvalue weighted by atomic mass is 16.5. The zero-order valence-electron chi connectivity index (χ0n) is 13.7. The van der Waals surface area contributed by atoms with E-state index >= 15 is 0 Å². The van der Waals surface area contributed by atoms with Crippen LogP contribution in [0.5, 0.6) is 0 Å². The van der Waals surface area contributed by atoms with Gasteiger partial charge in [-0.3, -0.25) is 0 Å². The van der Waals surface area contributed by atoms with Crippen molar-refractivity contribution in [2.45, 2.75) is 64.2 Å². The number of hydrogen-bond acceptors (Lipinski definition) is 3. The third kappa shape index (κ3) is 4.32. The van der Waals surface area contributed by atoms with Crippen molar-refractivity contribution in [3.8, 4) is 0 Å². The Balaban J connectivity index is 2.32. The molecule has 2 saturated carbocycles. The lowest BCUT2D eigenvalue weighted by Crippen LogP contribution is -2.25. The van der Waals surface area contributed by atoms with Gasteiger partial charge in [-0.05, 0) is 37.5 Å². The number of carbonyl (C=O) groups is 1. The summed E-state index contributed by atoms with van der Waals surface area (Å²) < 4.78 is 10.4. The largest absolute Gasteiger partial charge is 0.466 e. The lowest BCUT2D eigenvalue weighted by atomic mass is 9.72. The molecule has 0 aromatic heterocycles. The van der Waals surface area contributed by atoms with Gasteiger partial charge in [0.05, 0.1) is 19.3 Å². The van der Waals surface area contributed by atoms with Gasteiger partial charge in [0.2, 0.25) is 0 Å². The van der Waals surface area contributed by atoms with Crippen LogP contribution in [0.25, 0.3) is 0 Å². The van der Waals surface area contributed by atoms with Gasteiger partial charge in [0, 0.05) is 7.11 Å². The highest BCUT2D eigenvalue weighted by molar-refractivity contribution is 5.89. The monoisotopic (exact) mass is 294 g/mol. The molecule has 0 aliphatic heterocycles. The fourth-order valence-electron chi connectivity index (χ4n) is 4.18. The molecule has 0 bridgehead atoms. The molecule has 0 unspecified atom stereocenters. The average Bonchev–Trinajstić information content (AvgIpc) is 2.55. The highest BCUT2D eigenvalue weighted by Crippen LogP contribution is 2.41. The lowest BCUT2D eigenvalue weighted by Gasteiger charge is -2.34. The summed E-state index contributed by atoms with van der Waals surface area (Å²) in [6.07, 6.45) is 12.8. The van der Waals surface area contributed by atoms with Crippen molar-refractivity contribution in [3.05, 3.63) is 11.1 Å². The number of rotatable bonds is 5. The summed E-state index contributed by atoms with van der Waals surface area (Å²) in [5, 5.41) is 0. The van der Waals surface area contributed by atoms with Crippen LogP contribution in [-0.2, 0) is 14.3 Å². The summed E-state index contributed by atoms with van der Waals surface area (Å²) in [6.45, 7) is 0.398. The molecule has 2 fully saturated rings. The second kappa shape index (κ2) is 8.57. The molecule has 0 amide bonds. The molecule has 3 heteroatoms. The normalized spacial score (nSPS) is 21.0. The molecule has 120 valence electrons. The molecule has 0 saturated heterocycles. The van der Waals surface area contributed by atoms with Crippen LogP contribution in [0.4, 0.5) is 0 Å². The quantitative estimate of drug-likeness (QED) is 0.561. The van der Waals surface area contributed by atoms with E-state index in [9.17, 15) is 4.79 Å². The topological polar surface area (TPSA) is 35.5 Å². The third-order valence-electron chi connectivity index (χ3n) is 5.16. The van der Waals surface area contributed by atoms with Gasteiger partial charge < -0.3 is 9.47 Å². The molecular weight excluding hydrogens is 264 g/mol. The summed E-state index contributed by atoms with van der Waals surface area (Å²) >= 11 is 0. The first-order valence-electron chi connectivity index (χ1n) is 8.58. The minimum absolute atomic E-state index is 0.178. The molecule has 0 heterocycles. The summed E-state index contributed by atoms with van der Waals surface area (Å²) in [7, 11) is 3.15. The van der Waals surface area contributed by atoms with Crippen molar-refractivity contribution in [1.29, 1.82) is 0 Å². The molecule has 3 nitrogen and oxygen atoms in total. The SMILES string of the molecule is COCC(C(=O)OC)=C(C1CCCCC1)C1CCCCC1. The maximum absolute atomic E-state index is 12.3. The van der Waals surface area contributed by atoms with Crippen LogP contribution in [0.1, 0.15) is 64.2 Å². The molecule has 0 spiro atoms. The van der Waals surface area contributed by atoms with Gasteiger partial charge in [-0.15, -0.1) is 0 Å². The van der Waals surface area contributed by atoms with Crippen LogP contribution < -0.4 is 0 Å². The van der Waals surface area contributed by atoms with E-state index in [0.717, 1.165) is 5.57 Å². The summed E-state index contributed by atoms with van der Waals surface area (Å²) in [5.41, 5.74) is 2.21. The van der Waals surface area contributed by atoms with Gasteiger partial charge in [-0.1, -0.05) is 44.1 Å². The molecule has 2 aliphatic rings. The van der Waals surface area contributed by atoms with Gasteiger partial charge in [0.25, 0.3) is 0 Å². The van der Waals surface area contributed by atoms with E-state index in [1.54, 1.807) is 7.11 Å². The fraction of sp³-hybridized carbons (Fsp3) is 0.833. The predicted molar refractivity (Wildman–Crippen MR) is 84.1 cm³/mol. The van der Waals surface area contributed by atoms with E-state index in [4.69, 9.17) is 9.47 Å². The molecule has 0 radical (unpaired) electrons. The molecule has 2 rings (SSSR count). The Kier molecular flexibility index (Phi) is 6.75. The Labute approximate surface area is 129 Å². The second-order valence-corrected chi connectivity index (χ2v) is 6.53. The maximum Gasteiger partial charge on any atom is 0.336 e. The van der Waals surface area contributed by atoms with E-state index in [1.165, 1.54) is 76.9 Å². The van der Waals surface area contributed by atoms with Gasteiger partial charge >= 0.3 is 5.97 Å². The van der Waals surface area contributed by atoms with Crippen LogP contribution in [-0.4, -0.2) is 26.8 Å². The number of allylic oxidation sites excluding steroid dienone is 1. The van der Waals surface area contributed by atoms with Crippen molar-refractivity contribution in [2.24, 2.45) is 11.8 Å². The minimum atomic E-state index is -0.178. The average molecular weight is 294 g/mol. The van der Waals surface area contributed by atoms with Crippen molar-refractivity contribution in [1.82, 2.24) is 0 Å². The van der Waals surface area contributed by atoms with E-state index in [2.05, 4.69) is 0 Å². The van der Waals surface area contributed by atoms with Crippen LogP contribution in [0.3, 0.4) is 0 Å². The third-order valence-corrected chi connectivity index (χ3v) is 5.16. The van der Waals surface area contributed by atoms with E-state index < -0.39 is 0 Å². The van der Waals surface area contributed by atoms with Crippen LogP contribution in [0, 0.1) is 11.8 Å². The summed E-state index contributed by atoms with van der Waals surface area (Å²) in [4.78, 5) is 12.3. The number of methoxy groups -OCH3 is 2. The van der Waals surface area contributed by atoms with Gasteiger partial charge in [-0.2, -0.15) is 0 Å². The van der Waals surface area contributed by atoms with Crippen LogP contribution >= 0.6 is 0 Å². The Hall–Kier alpha value is -0.830. The number of ether oxygens (including phenoxy) is 2. The number of esters is 1. The maximum atomic E-state index is 12.3. The second-order valence-electron chi connectivity index (χ2n) is 6.53. The standard InChI is InChI=1S/C18H30O3/c1-20-13-16(18(19)21-2)17(14-9-5-3-6-10-14)15-11-7-4-8-12-15/h14-15H,3-13H2,1-2H3. The number of carbonyl (C=O) groups excluding carboxylic acids is 1. The number of hydrogen-bond donors (Lipinski definition) is 0. The molecule has 21 heavy (non-hydrogen) atoms. The van der Waals surface area contributed by atoms with Crippen molar-refractivity contribution in [2.75, 3.05) is 20.8 Å². The van der Waals surface area contributed by atoms with Gasteiger partial charge in [-0.25, -0.2) is 4.79 Å². The Morgan fingerprint density at radius 1 is 0.857 bits per heavy atom. The van der Waals surface area contributed by atoms with Crippen LogP contribution in [0.15, 0.2) is 11.1 Å². The molecular formula is C18H30O3. The zero-order valence-corrected chi connectivity index (χ0v) is 13.7. The first kappa shape index (κ1) is 16.5. The smallest absolute Gasteiger partial charge is 0.336 e. The fourth-order valence-corrected chi connectivity index (χ4v) is 4.18. The molecule has 0 aromatic rings. The highest BCUT2D eigenvalue weighted by Gasteiger charge is 2.31. The van der Waals surface area contributed by atoms with Gasteiger partial charge in [0.1, 0.15) is 0 Å². The van der Waals surface area contributed by atoms with Crippen molar-refractivity contribution in [3.63, 3.8) is 0 Å². The van der Waals surface area contributed by atoms with Crippen molar-refractivity contribution < 1.29 is 14.3 Å². The Morgan fingerprint density at radius 2 is 1.33 bits per heavy atom. The van der Waals surface area contributed by atoms with Crippen LogP contribution in [0.2, 0.25) is 0 Å². The Morgan fingerprint density at radius 3 is 1.71 bits per heavy atom. The van der Waals surface area contributed by atoms with E-state index in [0.29, 0.717) is 18.4 Å². The first-order chi connectivity index (χ1) is 10.3. The summed E-state index contributed by atoms with van der Waals surface area (Å²) in [5.74, 6) is 0.972. The molecule has 0 N–H and O–H groups in total. The first-order valence-corrected chi connectivity index (χ1v) is 8.58.